The van der Waals surface area contributed by atoms with Gasteiger partial charge in [0.25, 0.3) is 0 Å². The van der Waals surface area contributed by atoms with Crippen LogP contribution in [0.25, 0.3) is 10.1 Å². The van der Waals surface area contributed by atoms with Gasteiger partial charge in [-0.1, -0.05) is 40.2 Å². The van der Waals surface area contributed by atoms with E-state index >= 15 is 0 Å². The number of hydrogen-bond donors (Lipinski definition) is 1. The van der Waals surface area contributed by atoms with Crippen LogP contribution in [0.5, 0.6) is 5.75 Å². The van der Waals surface area contributed by atoms with Crippen LogP contribution in [0, 0.1) is 0 Å². The van der Waals surface area contributed by atoms with Crippen LogP contribution in [0.3, 0.4) is 0 Å². The third kappa shape index (κ3) is 2.98. The van der Waals surface area contributed by atoms with Crippen LogP contribution < -0.4 is 10.5 Å². The zero-order valence-electron chi connectivity index (χ0n) is 11.7. The summed E-state index contributed by atoms with van der Waals surface area (Å²) in [5.41, 5.74) is 7.52. The molecule has 1 heterocycles. The molecule has 4 heteroatoms. The average molecular weight is 362 g/mol. The van der Waals surface area contributed by atoms with Gasteiger partial charge < -0.3 is 10.5 Å². The topological polar surface area (TPSA) is 35.2 Å². The second kappa shape index (κ2) is 6.18. The minimum Gasteiger partial charge on any atom is -0.494 e. The number of ether oxygens (including phenoxy) is 1. The van der Waals surface area contributed by atoms with Crippen LogP contribution in [-0.2, 0) is 0 Å². The van der Waals surface area contributed by atoms with E-state index in [9.17, 15) is 0 Å². The number of fused-ring (bicyclic) bond motifs is 1. The summed E-state index contributed by atoms with van der Waals surface area (Å²) in [6, 6.07) is 16.4. The van der Waals surface area contributed by atoms with E-state index in [-0.39, 0.29) is 6.04 Å². The molecule has 0 fully saturated rings. The molecule has 2 N–H and O–H groups in total. The molecule has 0 aliphatic heterocycles. The molecular formula is C17H16BrNOS. The van der Waals surface area contributed by atoms with Crippen LogP contribution in [0.1, 0.15) is 23.4 Å². The number of nitrogens with two attached hydrogens (primary N) is 1. The van der Waals surface area contributed by atoms with Crippen LogP contribution in [-0.4, -0.2) is 6.61 Å². The van der Waals surface area contributed by atoms with Crippen molar-refractivity contribution in [1.29, 1.82) is 0 Å². The van der Waals surface area contributed by atoms with Crippen LogP contribution in [0.4, 0.5) is 0 Å². The highest BCUT2D eigenvalue weighted by molar-refractivity contribution is 9.10. The first-order valence-corrected chi connectivity index (χ1v) is 8.46. The lowest BCUT2D eigenvalue weighted by Crippen LogP contribution is -2.11. The fraction of sp³-hybridized carbons (Fsp3) is 0.176. The average Bonchev–Trinajstić information content (AvgIpc) is 2.91. The summed E-state index contributed by atoms with van der Waals surface area (Å²) in [6.45, 7) is 2.64. The lowest BCUT2D eigenvalue weighted by Gasteiger charge is -2.13. The summed E-state index contributed by atoms with van der Waals surface area (Å²) >= 11 is 5.35. The van der Waals surface area contributed by atoms with E-state index in [0.717, 1.165) is 15.8 Å². The normalized spacial score (nSPS) is 12.5. The fourth-order valence-corrected chi connectivity index (χ4v) is 4.02. The second-order valence-corrected chi connectivity index (χ2v) is 6.75. The van der Waals surface area contributed by atoms with E-state index in [4.69, 9.17) is 10.5 Å². The summed E-state index contributed by atoms with van der Waals surface area (Å²) in [7, 11) is 0. The molecule has 0 bridgehead atoms. The highest BCUT2D eigenvalue weighted by Gasteiger charge is 2.15. The third-order valence-electron chi connectivity index (χ3n) is 3.37. The first-order valence-electron chi connectivity index (χ1n) is 6.85. The van der Waals surface area contributed by atoms with E-state index in [0.29, 0.717) is 6.61 Å². The van der Waals surface area contributed by atoms with Gasteiger partial charge in [-0.25, -0.2) is 0 Å². The van der Waals surface area contributed by atoms with E-state index in [2.05, 4.69) is 46.3 Å². The predicted molar refractivity (Wildman–Crippen MR) is 93.2 cm³/mol. The lowest BCUT2D eigenvalue weighted by atomic mass is 10.1. The number of hydrogen-bond acceptors (Lipinski definition) is 3. The van der Waals surface area contributed by atoms with Crippen molar-refractivity contribution in [2.24, 2.45) is 5.73 Å². The van der Waals surface area contributed by atoms with Crippen LogP contribution >= 0.6 is 27.3 Å². The van der Waals surface area contributed by atoms with Gasteiger partial charge in [-0.05, 0) is 42.1 Å². The Labute approximate surface area is 136 Å². The Morgan fingerprint density at radius 2 is 2.00 bits per heavy atom. The standard InChI is InChI=1S/C17H16BrNOS/c1-2-20-12-7-8-13(14(18)10-12)17(19)16-9-11-5-3-4-6-15(11)21-16/h3-10,17H,2,19H2,1H3. The van der Waals surface area contributed by atoms with Gasteiger partial charge in [0.05, 0.1) is 12.6 Å². The van der Waals surface area contributed by atoms with E-state index in [1.165, 1.54) is 15.0 Å². The van der Waals surface area contributed by atoms with Gasteiger partial charge in [0.15, 0.2) is 0 Å². The zero-order valence-corrected chi connectivity index (χ0v) is 14.1. The highest BCUT2D eigenvalue weighted by atomic mass is 79.9. The molecule has 0 aliphatic carbocycles. The number of rotatable bonds is 4. The van der Waals surface area contributed by atoms with Crippen molar-refractivity contribution < 1.29 is 4.74 Å². The monoisotopic (exact) mass is 361 g/mol. The van der Waals surface area contributed by atoms with E-state index < -0.39 is 0 Å². The maximum absolute atomic E-state index is 6.44. The molecule has 1 aromatic heterocycles. The molecule has 0 radical (unpaired) electrons. The molecule has 2 aromatic carbocycles. The molecule has 3 aromatic rings. The molecule has 0 spiro atoms. The predicted octanol–water partition coefficient (Wildman–Crippen LogP) is 5.11. The summed E-state index contributed by atoms with van der Waals surface area (Å²) in [5.74, 6) is 0.858. The summed E-state index contributed by atoms with van der Waals surface area (Å²) in [5, 5.41) is 1.25. The Hall–Kier alpha value is -1.36. The van der Waals surface area contributed by atoms with Crippen molar-refractivity contribution in [2.45, 2.75) is 13.0 Å². The minimum absolute atomic E-state index is 0.132. The fourth-order valence-electron chi connectivity index (χ4n) is 2.33. The Morgan fingerprint density at radius 3 is 2.71 bits per heavy atom. The molecule has 1 atom stereocenters. The Balaban J connectivity index is 1.95. The molecule has 0 saturated heterocycles. The summed E-state index contributed by atoms with van der Waals surface area (Å²) in [4.78, 5) is 1.17. The molecule has 3 rings (SSSR count). The molecule has 0 aliphatic rings. The number of thiophene rings is 1. The Morgan fingerprint density at radius 1 is 1.19 bits per heavy atom. The lowest BCUT2D eigenvalue weighted by molar-refractivity contribution is 0.340. The molecule has 21 heavy (non-hydrogen) atoms. The van der Waals surface area contributed by atoms with Crippen LogP contribution in [0.2, 0.25) is 0 Å². The summed E-state index contributed by atoms with van der Waals surface area (Å²) < 4.78 is 7.76. The minimum atomic E-state index is -0.132. The molecule has 0 saturated carbocycles. The molecule has 2 nitrogen and oxygen atoms in total. The van der Waals surface area contributed by atoms with E-state index in [1.807, 2.05) is 25.1 Å². The molecular weight excluding hydrogens is 346 g/mol. The van der Waals surface area contributed by atoms with Crippen molar-refractivity contribution in [3.05, 3.63) is 63.4 Å². The van der Waals surface area contributed by atoms with Gasteiger partial charge >= 0.3 is 0 Å². The maximum Gasteiger partial charge on any atom is 0.120 e. The smallest absolute Gasteiger partial charge is 0.120 e. The quantitative estimate of drug-likeness (QED) is 0.700. The Kier molecular flexibility index (Phi) is 4.29. The van der Waals surface area contributed by atoms with Crippen molar-refractivity contribution in [3.8, 4) is 5.75 Å². The van der Waals surface area contributed by atoms with Gasteiger partial charge in [0.2, 0.25) is 0 Å². The maximum atomic E-state index is 6.44. The van der Waals surface area contributed by atoms with Crippen molar-refractivity contribution in [2.75, 3.05) is 6.61 Å². The Bertz CT molecular complexity index is 735. The molecule has 108 valence electrons. The van der Waals surface area contributed by atoms with E-state index in [1.54, 1.807) is 11.3 Å². The third-order valence-corrected chi connectivity index (χ3v) is 5.26. The van der Waals surface area contributed by atoms with Gasteiger partial charge in [0.1, 0.15) is 5.75 Å². The van der Waals surface area contributed by atoms with Crippen molar-refractivity contribution in [3.63, 3.8) is 0 Å². The van der Waals surface area contributed by atoms with Gasteiger partial charge in [0, 0.05) is 14.0 Å². The number of benzene rings is 2. The SMILES string of the molecule is CCOc1ccc(C(N)c2cc3ccccc3s2)c(Br)c1. The molecule has 1 unspecified atom stereocenters. The first kappa shape index (κ1) is 14.6. The van der Waals surface area contributed by atoms with Crippen LogP contribution in [0.15, 0.2) is 53.0 Å². The highest BCUT2D eigenvalue weighted by Crippen LogP contribution is 2.35. The molecule has 0 amide bonds. The van der Waals surface area contributed by atoms with Crippen molar-refractivity contribution >= 4 is 37.4 Å². The van der Waals surface area contributed by atoms with Gasteiger partial charge in [-0.15, -0.1) is 11.3 Å². The largest absolute Gasteiger partial charge is 0.494 e. The van der Waals surface area contributed by atoms with Crippen molar-refractivity contribution in [1.82, 2.24) is 0 Å². The van der Waals surface area contributed by atoms with Gasteiger partial charge in [-0.3, -0.25) is 0 Å². The zero-order chi connectivity index (χ0) is 14.8. The first-order chi connectivity index (χ1) is 10.2. The number of halogens is 1. The van der Waals surface area contributed by atoms with Gasteiger partial charge in [-0.2, -0.15) is 0 Å². The second-order valence-electron chi connectivity index (χ2n) is 4.78. The summed E-state index contributed by atoms with van der Waals surface area (Å²) in [6.07, 6.45) is 0.